The first kappa shape index (κ1) is 14.8. The zero-order valence-corrected chi connectivity index (χ0v) is 12.6. The molecule has 0 saturated heterocycles. The minimum atomic E-state index is -0.194. The molecule has 1 saturated carbocycles. The SMILES string of the molecule is O=C(Nc1ccc2c(c1)/C(=C\c1ccco1)C(=O)N2)[C]1[CH][CH][CH][CH]1. The average molecular weight is 317 g/mol. The van der Waals surface area contributed by atoms with E-state index < -0.39 is 0 Å². The van der Waals surface area contributed by atoms with Crippen LogP contribution in [0.3, 0.4) is 0 Å². The third-order valence-corrected chi connectivity index (χ3v) is 3.82. The van der Waals surface area contributed by atoms with Crippen LogP contribution in [0.5, 0.6) is 0 Å². The lowest BCUT2D eigenvalue weighted by atomic mass is 10.0. The van der Waals surface area contributed by atoms with Gasteiger partial charge in [0.05, 0.1) is 17.8 Å². The van der Waals surface area contributed by atoms with Crippen LogP contribution >= 0.6 is 0 Å². The lowest BCUT2D eigenvalue weighted by Gasteiger charge is -2.10. The van der Waals surface area contributed by atoms with Gasteiger partial charge in [-0.15, -0.1) is 0 Å². The summed E-state index contributed by atoms with van der Waals surface area (Å²) < 4.78 is 5.28. The normalized spacial score (nSPS) is 18.7. The van der Waals surface area contributed by atoms with E-state index in [-0.39, 0.29) is 11.8 Å². The van der Waals surface area contributed by atoms with Crippen molar-refractivity contribution in [2.75, 3.05) is 10.6 Å². The van der Waals surface area contributed by atoms with E-state index in [0.29, 0.717) is 28.6 Å². The van der Waals surface area contributed by atoms with Crippen LogP contribution in [0.15, 0.2) is 41.0 Å². The Balaban J connectivity index is 1.61. The topological polar surface area (TPSA) is 71.3 Å². The molecule has 5 nitrogen and oxygen atoms in total. The highest BCUT2D eigenvalue weighted by Crippen LogP contribution is 2.35. The molecule has 2 aromatic rings. The minimum Gasteiger partial charge on any atom is -0.465 e. The molecule has 2 heterocycles. The van der Waals surface area contributed by atoms with E-state index in [4.69, 9.17) is 4.42 Å². The Morgan fingerprint density at radius 1 is 1.17 bits per heavy atom. The van der Waals surface area contributed by atoms with Gasteiger partial charge in [0.1, 0.15) is 5.76 Å². The second-order valence-corrected chi connectivity index (χ2v) is 5.42. The van der Waals surface area contributed by atoms with E-state index in [1.807, 2.05) is 12.8 Å². The van der Waals surface area contributed by atoms with Gasteiger partial charge in [0, 0.05) is 16.9 Å². The van der Waals surface area contributed by atoms with Crippen LogP contribution in [-0.4, -0.2) is 11.8 Å². The second-order valence-electron chi connectivity index (χ2n) is 5.42. The van der Waals surface area contributed by atoms with Gasteiger partial charge in [0.2, 0.25) is 5.91 Å². The first-order valence-electron chi connectivity index (χ1n) is 7.45. The van der Waals surface area contributed by atoms with E-state index in [9.17, 15) is 9.59 Å². The summed E-state index contributed by atoms with van der Waals surface area (Å²) in [4.78, 5) is 24.3. The molecule has 2 aliphatic rings. The minimum absolute atomic E-state index is 0.186. The summed E-state index contributed by atoms with van der Waals surface area (Å²) in [6.45, 7) is 0. The predicted octanol–water partition coefficient (Wildman–Crippen LogP) is 3.12. The number of carbonyl (C=O) groups is 2. The van der Waals surface area contributed by atoms with E-state index >= 15 is 0 Å². The fourth-order valence-electron chi connectivity index (χ4n) is 2.65. The first-order chi connectivity index (χ1) is 11.7. The number of nitrogens with one attached hydrogen (secondary N) is 2. The monoisotopic (exact) mass is 317 g/mol. The highest BCUT2D eigenvalue weighted by atomic mass is 16.3. The zero-order chi connectivity index (χ0) is 16.5. The molecule has 0 atom stereocenters. The number of hydrogen-bond donors (Lipinski definition) is 2. The summed E-state index contributed by atoms with van der Waals surface area (Å²) in [5.74, 6) is 0.810. The maximum Gasteiger partial charge on any atom is 0.256 e. The van der Waals surface area contributed by atoms with E-state index in [0.717, 1.165) is 5.56 Å². The summed E-state index contributed by atoms with van der Waals surface area (Å²) >= 11 is 0. The number of furan rings is 1. The van der Waals surface area contributed by atoms with Gasteiger partial charge in [-0.2, -0.15) is 0 Å². The van der Waals surface area contributed by atoms with Gasteiger partial charge in [-0.1, -0.05) is 0 Å². The van der Waals surface area contributed by atoms with Gasteiger partial charge in [-0.3, -0.25) is 9.59 Å². The molecule has 1 aliphatic carbocycles. The summed E-state index contributed by atoms with van der Waals surface area (Å²) in [5.41, 5.74) is 2.58. The van der Waals surface area contributed by atoms with Gasteiger partial charge >= 0.3 is 0 Å². The highest BCUT2D eigenvalue weighted by molar-refractivity contribution is 6.35. The van der Waals surface area contributed by atoms with Crippen molar-refractivity contribution < 1.29 is 14.0 Å². The van der Waals surface area contributed by atoms with Gasteiger partial charge < -0.3 is 15.1 Å². The lowest BCUT2D eigenvalue weighted by molar-refractivity contribution is -0.114. The van der Waals surface area contributed by atoms with Crippen LogP contribution in [0.25, 0.3) is 11.6 Å². The van der Waals surface area contributed by atoms with Crippen molar-refractivity contribution in [2.45, 2.75) is 0 Å². The predicted molar refractivity (Wildman–Crippen MR) is 90.7 cm³/mol. The Kier molecular flexibility index (Phi) is 3.69. The fourth-order valence-corrected chi connectivity index (χ4v) is 2.65. The average Bonchev–Trinajstić information content (AvgIpc) is 3.31. The van der Waals surface area contributed by atoms with E-state index in [1.54, 1.807) is 55.5 Å². The quantitative estimate of drug-likeness (QED) is 0.854. The summed E-state index contributed by atoms with van der Waals surface area (Å²) in [7, 11) is 0. The molecule has 1 aromatic heterocycles. The Labute approximate surface area is 139 Å². The second kappa shape index (κ2) is 6.00. The number of amides is 2. The molecule has 4 rings (SSSR count). The molecule has 2 N–H and O–H groups in total. The molecule has 5 radical (unpaired) electrons. The van der Waals surface area contributed by atoms with Gasteiger partial charge in [-0.05, 0) is 62.1 Å². The van der Waals surface area contributed by atoms with Crippen molar-refractivity contribution >= 4 is 34.8 Å². The molecular formula is C19H13N2O3. The Morgan fingerprint density at radius 2 is 2.00 bits per heavy atom. The van der Waals surface area contributed by atoms with Crippen molar-refractivity contribution in [3.8, 4) is 0 Å². The maximum atomic E-state index is 12.2. The summed E-state index contributed by atoms with van der Waals surface area (Å²) in [6.07, 6.45) is 10.3. The maximum absolute atomic E-state index is 12.2. The molecular weight excluding hydrogens is 304 g/mol. The largest absolute Gasteiger partial charge is 0.465 e. The molecule has 0 bridgehead atoms. The third kappa shape index (κ3) is 2.73. The molecule has 5 heteroatoms. The molecule has 1 fully saturated rings. The van der Waals surface area contributed by atoms with Gasteiger partial charge in [0.25, 0.3) is 5.91 Å². The Bertz CT molecular complexity index is 815. The van der Waals surface area contributed by atoms with E-state index in [2.05, 4.69) is 10.6 Å². The number of carbonyl (C=O) groups excluding carboxylic acids is 2. The van der Waals surface area contributed by atoms with Crippen LogP contribution < -0.4 is 10.6 Å². The standard InChI is InChI=1S/C19H13N2O3/c22-18(12-4-1-2-5-12)20-13-7-8-17-15(10-13)16(19(23)21-17)11-14-6-3-9-24-14/h1-11H,(H,20,22)(H,21,23)/b16-11+. The van der Waals surface area contributed by atoms with Crippen LogP contribution in [0.1, 0.15) is 11.3 Å². The van der Waals surface area contributed by atoms with Crippen LogP contribution in [-0.2, 0) is 9.59 Å². The number of benzene rings is 1. The van der Waals surface area contributed by atoms with Crippen molar-refractivity contribution in [3.05, 3.63) is 79.5 Å². The molecule has 0 unspecified atom stereocenters. The van der Waals surface area contributed by atoms with Crippen LogP contribution in [0.4, 0.5) is 11.4 Å². The van der Waals surface area contributed by atoms with Crippen LogP contribution in [0.2, 0.25) is 0 Å². The lowest BCUT2D eigenvalue weighted by Crippen LogP contribution is -2.19. The van der Waals surface area contributed by atoms with Crippen molar-refractivity contribution in [3.63, 3.8) is 0 Å². The Morgan fingerprint density at radius 3 is 2.75 bits per heavy atom. The smallest absolute Gasteiger partial charge is 0.256 e. The van der Waals surface area contributed by atoms with Gasteiger partial charge in [-0.25, -0.2) is 0 Å². The summed E-state index contributed by atoms with van der Waals surface area (Å²) in [5, 5.41) is 5.65. The molecule has 0 spiro atoms. The summed E-state index contributed by atoms with van der Waals surface area (Å²) in [6, 6.07) is 8.85. The molecule has 1 aromatic carbocycles. The van der Waals surface area contributed by atoms with Crippen molar-refractivity contribution in [2.24, 2.45) is 0 Å². The van der Waals surface area contributed by atoms with Crippen molar-refractivity contribution in [1.29, 1.82) is 0 Å². The fraction of sp³-hybridized carbons (Fsp3) is 0. The zero-order valence-electron chi connectivity index (χ0n) is 12.6. The Hall–Kier alpha value is -2.82. The molecule has 117 valence electrons. The third-order valence-electron chi connectivity index (χ3n) is 3.82. The highest BCUT2D eigenvalue weighted by Gasteiger charge is 2.27. The number of anilines is 2. The van der Waals surface area contributed by atoms with E-state index in [1.165, 1.54) is 0 Å². The van der Waals surface area contributed by atoms with Crippen LogP contribution in [0, 0.1) is 31.6 Å². The number of hydrogen-bond acceptors (Lipinski definition) is 3. The van der Waals surface area contributed by atoms with Crippen molar-refractivity contribution in [1.82, 2.24) is 0 Å². The first-order valence-corrected chi connectivity index (χ1v) is 7.45. The number of rotatable bonds is 3. The molecule has 24 heavy (non-hydrogen) atoms. The van der Waals surface area contributed by atoms with Gasteiger partial charge in [0.15, 0.2) is 0 Å². The molecule has 1 aliphatic heterocycles. The molecule has 2 amide bonds. The number of fused-ring (bicyclic) bond motifs is 1.